The normalized spacial score (nSPS) is 10.6. The molecule has 20 heavy (non-hydrogen) atoms. The van der Waals surface area contributed by atoms with Gasteiger partial charge in [0.05, 0.1) is 24.0 Å². The van der Waals surface area contributed by atoms with Gasteiger partial charge in [-0.2, -0.15) is 5.26 Å². The Hall–Kier alpha value is -2.06. The van der Waals surface area contributed by atoms with Gasteiger partial charge in [-0.3, -0.25) is 9.69 Å². The van der Waals surface area contributed by atoms with E-state index in [1.54, 1.807) is 6.07 Å². The number of nitriles is 1. The number of benzene rings is 1. The Kier molecular flexibility index (Phi) is 6.01. The number of hydrogen-bond donors (Lipinski definition) is 2. The first-order chi connectivity index (χ1) is 9.43. The maximum absolute atomic E-state index is 12.0. The zero-order chi connectivity index (χ0) is 15.1. The molecule has 0 fully saturated rings. The van der Waals surface area contributed by atoms with Crippen LogP contribution in [0.5, 0.6) is 0 Å². The molecule has 0 atom stereocenters. The van der Waals surface area contributed by atoms with Crippen LogP contribution in [-0.4, -0.2) is 29.9 Å². The van der Waals surface area contributed by atoms with Crippen LogP contribution in [0.4, 0.5) is 11.4 Å². The lowest BCUT2D eigenvalue weighted by atomic mass is 10.2. The molecule has 0 unspecified atom stereocenters. The third-order valence-electron chi connectivity index (χ3n) is 3.07. The number of aryl methyl sites for hydroxylation is 1. The highest BCUT2D eigenvalue weighted by Crippen LogP contribution is 2.19. The van der Waals surface area contributed by atoms with Crippen molar-refractivity contribution in [2.75, 3.05) is 24.1 Å². The second-order valence-corrected chi connectivity index (χ2v) is 5.11. The molecule has 0 heterocycles. The van der Waals surface area contributed by atoms with Crippen LogP contribution < -0.4 is 11.1 Å². The Morgan fingerprint density at radius 1 is 1.50 bits per heavy atom. The number of amides is 1. The Morgan fingerprint density at radius 3 is 2.75 bits per heavy atom. The minimum absolute atomic E-state index is 0.118. The van der Waals surface area contributed by atoms with E-state index in [0.717, 1.165) is 5.56 Å². The first-order valence-electron chi connectivity index (χ1n) is 6.71. The first-order valence-corrected chi connectivity index (χ1v) is 6.71. The summed E-state index contributed by atoms with van der Waals surface area (Å²) in [6.07, 6.45) is 0.415. The van der Waals surface area contributed by atoms with E-state index in [-0.39, 0.29) is 18.5 Å². The van der Waals surface area contributed by atoms with Gasteiger partial charge < -0.3 is 11.1 Å². The van der Waals surface area contributed by atoms with E-state index in [4.69, 9.17) is 11.0 Å². The molecule has 0 aliphatic rings. The minimum atomic E-state index is -0.118. The molecule has 5 heteroatoms. The third-order valence-corrected chi connectivity index (χ3v) is 3.07. The summed E-state index contributed by atoms with van der Waals surface area (Å²) in [5.41, 5.74) is 8.11. The molecule has 108 valence electrons. The molecule has 0 bridgehead atoms. The predicted molar refractivity (Wildman–Crippen MR) is 81.2 cm³/mol. The molecule has 0 spiro atoms. The van der Waals surface area contributed by atoms with Gasteiger partial charge in [0.1, 0.15) is 0 Å². The minimum Gasteiger partial charge on any atom is -0.397 e. The second-order valence-electron chi connectivity index (χ2n) is 5.11. The van der Waals surface area contributed by atoms with Crippen molar-refractivity contribution in [2.45, 2.75) is 33.2 Å². The van der Waals surface area contributed by atoms with Crippen LogP contribution in [-0.2, 0) is 4.79 Å². The summed E-state index contributed by atoms with van der Waals surface area (Å²) in [7, 11) is 0. The Balaban J connectivity index is 2.63. The van der Waals surface area contributed by atoms with Crippen molar-refractivity contribution in [3.05, 3.63) is 23.8 Å². The summed E-state index contributed by atoms with van der Waals surface area (Å²) in [5, 5.41) is 11.4. The number of nitrogens with zero attached hydrogens (tertiary/aromatic N) is 2. The van der Waals surface area contributed by atoms with Crippen molar-refractivity contribution < 1.29 is 4.79 Å². The molecule has 0 aliphatic heterocycles. The average Bonchev–Trinajstić information content (AvgIpc) is 2.37. The maximum atomic E-state index is 12.0. The van der Waals surface area contributed by atoms with Gasteiger partial charge in [-0.25, -0.2) is 0 Å². The molecule has 5 nitrogen and oxygen atoms in total. The van der Waals surface area contributed by atoms with Gasteiger partial charge in [0.2, 0.25) is 5.91 Å². The van der Waals surface area contributed by atoms with E-state index >= 15 is 0 Å². The van der Waals surface area contributed by atoms with Gasteiger partial charge in [0.15, 0.2) is 0 Å². The lowest BCUT2D eigenvalue weighted by molar-refractivity contribution is -0.117. The molecule has 3 N–H and O–H groups in total. The number of carbonyl (C=O) groups excluding carboxylic acids is 1. The van der Waals surface area contributed by atoms with Gasteiger partial charge in [-0.15, -0.1) is 0 Å². The van der Waals surface area contributed by atoms with Gasteiger partial charge in [-0.05, 0) is 38.5 Å². The fourth-order valence-electron chi connectivity index (χ4n) is 1.88. The molecule has 1 aromatic carbocycles. The van der Waals surface area contributed by atoms with Crippen LogP contribution in [0.3, 0.4) is 0 Å². The fourth-order valence-corrected chi connectivity index (χ4v) is 1.88. The average molecular weight is 274 g/mol. The Labute approximate surface area is 120 Å². The van der Waals surface area contributed by atoms with E-state index in [1.165, 1.54) is 0 Å². The van der Waals surface area contributed by atoms with Crippen LogP contribution in [0.2, 0.25) is 0 Å². The van der Waals surface area contributed by atoms with E-state index in [9.17, 15) is 4.79 Å². The lowest BCUT2D eigenvalue weighted by Gasteiger charge is -2.24. The van der Waals surface area contributed by atoms with E-state index < -0.39 is 0 Å². The summed E-state index contributed by atoms with van der Waals surface area (Å²) in [6.45, 7) is 6.80. The van der Waals surface area contributed by atoms with E-state index in [1.807, 2.05) is 37.8 Å². The van der Waals surface area contributed by atoms with Crippen LogP contribution >= 0.6 is 0 Å². The van der Waals surface area contributed by atoms with Crippen molar-refractivity contribution in [2.24, 2.45) is 0 Å². The van der Waals surface area contributed by atoms with E-state index in [0.29, 0.717) is 24.3 Å². The summed E-state index contributed by atoms with van der Waals surface area (Å²) < 4.78 is 0. The highest BCUT2D eigenvalue weighted by molar-refractivity contribution is 5.95. The molecule has 0 aromatic heterocycles. The summed E-state index contributed by atoms with van der Waals surface area (Å²) in [4.78, 5) is 14.0. The van der Waals surface area contributed by atoms with Crippen LogP contribution in [0.15, 0.2) is 18.2 Å². The van der Waals surface area contributed by atoms with Crippen molar-refractivity contribution in [3.8, 4) is 6.07 Å². The van der Waals surface area contributed by atoms with Crippen LogP contribution in [0.1, 0.15) is 25.8 Å². The third kappa shape index (κ3) is 4.90. The predicted octanol–water partition coefficient (Wildman–Crippen LogP) is 2.14. The van der Waals surface area contributed by atoms with Crippen molar-refractivity contribution in [3.63, 3.8) is 0 Å². The molecule has 1 aromatic rings. The lowest BCUT2D eigenvalue weighted by Crippen LogP contribution is -2.38. The van der Waals surface area contributed by atoms with Gasteiger partial charge in [-0.1, -0.05) is 6.07 Å². The van der Waals surface area contributed by atoms with Crippen molar-refractivity contribution >= 4 is 17.3 Å². The highest BCUT2D eigenvalue weighted by atomic mass is 16.2. The Bertz CT molecular complexity index is 505. The first kappa shape index (κ1) is 16.0. The molecule has 0 saturated heterocycles. The topological polar surface area (TPSA) is 82.2 Å². The number of hydrogen-bond acceptors (Lipinski definition) is 4. The largest absolute Gasteiger partial charge is 0.397 e. The van der Waals surface area contributed by atoms with Crippen molar-refractivity contribution in [1.29, 1.82) is 5.26 Å². The number of nitrogens with two attached hydrogens (primary N) is 1. The number of nitrogen functional groups attached to an aromatic ring is 1. The SMILES string of the molecule is Cc1ccc(NC(=O)CN(CCC#N)C(C)C)c(N)c1. The quantitative estimate of drug-likeness (QED) is 0.779. The Morgan fingerprint density at radius 2 is 2.20 bits per heavy atom. The molecule has 1 rings (SSSR count). The zero-order valence-corrected chi connectivity index (χ0v) is 12.3. The molecule has 0 radical (unpaired) electrons. The standard InChI is InChI=1S/C15H22N4O/c1-11(2)19(8-4-7-16)10-15(20)18-14-6-5-12(3)9-13(14)17/h5-6,9,11H,4,8,10,17H2,1-3H3,(H,18,20). The summed E-state index contributed by atoms with van der Waals surface area (Å²) in [6, 6.07) is 7.84. The maximum Gasteiger partial charge on any atom is 0.238 e. The van der Waals surface area contributed by atoms with E-state index in [2.05, 4.69) is 11.4 Å². The number of rotatable bonds is 6. The second kappa shape index (κ2) is 7.51. The summed E-state index contributed by atoms with van der Waals surface area (Å²) in [5.74, 6) is -0.118. The molecular weight excluding hydrogens is 252 g/mol. The molecular formula is C15H22N4O. The highest BCUT2D eigenvalue weighted by Gasteiger charge is 2.14. The van der Waals surface area contributed by atoms with Gasteiger partial charge in [0, 0.05) is 19.0 Å². The van der Waals surface area contributed by atoms with Crippen molar-refractivity contribution in [1.82, 2.24) is 4.90 Å². The van der Waals surface area contributed by atoms with Crippen LogP contribution in [0, 0.1) is 18.3 Å². The molecule has 1 amide bonds. The number of carbonyl (C=O) groups is 1. The number of nitrogens with one attached hydrogen (secondary N) is 1. The molecule has 0 saturated carbocycles. The van der Waals surface area contributed by atoms with Gasteiger partial charge >= 0.3 is 0 Å². The summed E-state index contributed by atoms with van der Waals surface area (Å²) >= 11 is 0. The zero-order valence-electron chi connectivity index (χ0n) is 12.3. The number of anilines is 2. The molecule has 0 aliphatic carbocycles. The smallest absolute Gasteiger partial charge is 0.238 e. The fraction of sp³-hybridized carbons (Fsp3) is 0.467. The van der Waals surface area contributed by atoms with Gasteiger partial charge in [0.25, 0.3) is 0 Å². The monoisotopic (exact) mass is 274 g/mol. The van der Waals surface area contributed by atoms with Crippen LogP contribution in [0.25, 0.3) is 0 Å².